The Labute approximate surface area is 363 Å². The lowest BCUT2D eigenvalue weighted by atomic mass is 9.77. The maximum absolute atomic E-state index is 14.3. The molecule has 5 aromatic carbocycles. The molecule has 12 nitrogen and oxygen atoms in total. The molecule has 0 aromatic heterocycles. The molecule has 0 heterocycles. The van der Waals surface area contributed by atoms with Crippen molar-refractivity contribution in [3.05, 3.63) is 192 Å². The highest BCUT2D eigenvalue weighted by Crippen LogP contribution is 2.37. The second-order valence-electron chi connectivity index (χ2n) is 15.4. The lowest BCUT2D eigenvalue weighted by Gasteiger charge is -2.37. The van der Waals surface area contributed by atoms with Crippen LogP contribution in [0.4, 0.5) is 4.79 Å². The quantitative estimate of drug-likeness (QED) is 0.0248. The average molecular weight is 838 g/mol. The van der Waals surface area contributed by atoms with Crippen LogP contribution in [0.1, 0.15) is 60.9 Å². The van der Waals surface area contributed by atoms with Crippen LogP contribution in [0.3, 0.4) is 0 Å². The normalized spacial score (nSPS) is 12.7. The van der Waals surface area contributed by atoms with E-state index in [2.05, 4.69) is 21.3 Å². The molecule has 12 heteroatoms. The van der Waals surface area contributed by atoms with E-state index < -0.39 is 47.5 Å². The van der Waals surface area contributed by atoms with E-state index in [1.807, 2.05) is 166 Å². The average Bonchev–Trinajstić information content (AvgIpc) is 3.29. The van der Waals surface area contributed by atoms with Crippen molar-refractivity contribution in [1.29, 1.82) is 0 Å². The van der Waals surface area contributed by atoms with E-state index in [9.17, 15) is 29.2 Å². The zero-order valence-corrected chi connectivity index (χ0v) is 35.3. The van der Waals surface area contributed by atoms with Gasteiger partial charge in [0.2, 0.25) is 17.7 Å². The van der Waals surface area contributed by atoms with Crippen LogP contribution >= 0.6 is 0 Å². The minimum Gasteiger partial charge on any atom is -0.445 e. The minimum absolute atomic E-state index is 0.00570. The molecule has 3 atom stereocenters. The van der Waals surface area contributed by atoms with Gasteiger partial charge in [-0.1, -0.05) is 172 Å². The summed E-state index contributed by atoms with van der Waals surface area (Å²) in [7, 11) is 1.18. The number of nitrogens with one attached hydrogen (secondary N) is 4. The van der Waals surface area contributed by atoms with E-state index >= 15 is 0 Å². The molecule has 0 unspecified atom stereocenters. The molecule has 0 spiro atoms. The molecule has 0 saturated carbocycles. The molecule has 0 radical (unpaired) electrons. The number of hydroxylamine groups is 2. The summed E-state index contributed by atoms with van der Waals surface area (Å²) >= 11 is 0. The highest BCUT2D eigenvalue weighted by Gasteiger charge is 2.38. The predicted molar refractivity (Wildman–Crippen MR) is 237 cm³/mol. The van der Waals surface area contributed by atoms with Crippen LogP contribution < -0.4 is 21.3 Å². The number of amides is 5. The summed E-state index contributed by atoms with van der Waals surface area (Å²) in [4.78, 5) is 68.0. The first-order valence-electron chi connectivity index (χ1n) is 20.7. The highest BCUT2D eigenvalue weighted by molar-refractivity contribution is 5.92. The summed E-state index contributed by atoms with van der Waals surface area (Å²) in [6.45, 7) is 3.83. The number of likely N-dealkylation sites (N-methyl/N-ethyl adjacent to an activating group) is 1. The monoisotopic (exact) mass is 837 g/mol. The van der Waals surface area contributed by atoms with Gasteiger partial charge in [0.25, 0.3) is 5.91 Å². The van der Waals surface area contributed by atoms with E-state index in [-0.39, 0.29) is 44.1 Å². The Balaban J connectivity index is 1.38. The molecule has 62 heavy (non-hydrogen) atoms. The molecule has 5 amide bonds. The Morgan fingerprint density at radius 2 is 1.11 bits per heavy atom. The summed E-state index contributed by atoms with van der Waals surface area (Å²) in [5.74, 6) is -2.27. The largest absolute Gasteiger partial charge is 0.445 e. The molecule has 0 saturated heterocycles. The number of nitrogens with zero attached hydrogens (tertiary/aromatic N) is 1. The molecule has 0 aliphatic carbocycles. The van der Waals surface area contributed by atoms with Crippen molar-refractivity contribution in [3.63, 3.8) is 0 Å². The predicted octanol–water partition coefficient (Wildman–Crippen LogP) is 6.83. The lowest BCUT2D eigenvalue weighted by molar-refractivity contribution is -0.153. The van der Waals surface area contributed by atoms with Gasteiger partial charge in [0, 0.05) is 32.0 Å². The van der Waals surface area contributed by atoms with Crippen LogP contribution in [-0.4, -0.2) is 65.2 Å². The van der Waals surface area contributed by atoms with Crippen molar-refractivity contribution in [2.45, 2.75) is 69.8 Å². The maximum atomic E-state index is 14.3. The Kier molecular flexibility index (Phi) is 17.1. The van der Waals surface area contributed by atoms with E-state index in [0.29, 0.717) is 5.06 Å². The Hall–Kier alpha value is -7.05. The number of benzene rings is 5. The SMILES string of the molecule is CC(C)C[C@H](NC(=O)OCc1ccccc1)C(=O)N[C@@H](Cc1ccccc1)C(=O)N[C@H](/C=C/C(=O)N(C)O)CCC(=O)NC(c1ccccc1)(c1ccccc1)c1ccccc1. The Morgan fingerprint density at radius 1 is 0.645 bits per heavy atom. The minimum atomic E-state index is -1.13. The van der Waals surface area contributed by atoms with Crippen molar-refractivity contribution in [1.82, 2.24) is 26.3 Å². The smallest absolute Gasteiger partial charge is 0.408 e. The van der Waals surface area contributed by atoms with Gasteiger partial charge >= 0.3 is 6.09 Å². The van der Waals surface area contributed by atoms with Crippen molar-refractivity contribution in [2.75, 3.05) is 7.05 Å². The molecule has 0 fully saturated rings. The zero-order chi connectivity index (χ0) is 44.3. The summed E-state index contributed by atoms with van der Waals surface area (Å²) in [5.41, 5.74) is 2.96. The van der Waals surface area contributed by atoms with Crippen LogP contribution in [-0.2, 0) is 42.5 Å². The van der Waals surface area contributed by atoms with Crippen LogP contribution in [0.15, 0.2) is 164 Å². The Morgan fingerprint density at radius 3 is 1.60 bits per heavy atom. The zero-order valence-electron chi connectivity index (χ0n) is 35.3. The van der Waals surface area contributed by atoms with Gasteiger partial charge in [-0.05, 0) is 46.6 Å². The summed E-state index contributed by atoms with van der Waals surface area (Å²) in [6.07, 6.45) is 2.05. The van der Waals surface area contributed by atoms with E-state index in [0.717, 1.165) is 33.9 Å². The number of ether oxygens (including phenoxy) is 1. The van der Waals surface area contributed by atoms with E-state index in [1.165, 1.54) is 13.1 Å². The second-order valence-corrected chi connectivity index (χ2v) is 15.4. The van der Waals surface area contributed by atoms with Gasteiger partial charge in [-0.3, -0.25) is 24.4 Å². The third-order valence-corrected chi connectivity index (χ3v) is 10.2. The summed E-state index contributed by atoms with van der Waals surface area (Å²) in [6, 6.07) is 44.2. The van der Waals surface area contributed by atoms with Crippen molar-refractivity contribution in [2.24, 2.45) is 5.92 Å². The number of rotatable bonds is 20. The van der Waals surface area contributed by atoms with Crippen molar-refractivity contribution in [3.8, 4) is 0 Å². The number of hydrogen-bond donors (Lipinski definition) is 5. The number of carbonyl (C=O) groups is 5. The fourth-order valence-corrected chi connectivity index (χ4v) is 7.09. The van der Waals surface area contributed by atoms with Gasteiger partial charge in [0.1, 0.15) is 24.2 Å². The van der Waals surface area contributed by atoms with E-state index in [4.69, 9.17) is 4.74 Å². The molecule has 0 aliphatic heterocycles. The van der Waals surface area contributed by atoms with Gasteiger partial charge in [0.05, 0.1) is 0 Å². The Bertz CT molecular complexity index is 2120. The molecular weight excluding hydrogens is 783 g/mol. The number of alkyl carbamates (subject to hydrolysis) is 1. The lowest BCUT2D eigenvalue weighted by Crippen LogP contribution is -2.55. The molecular formula is C50H55N5O7. The first-order chi connectivity index (χ1) is 29.9. The van der Waals surface area contributed by atoms with Crippen LogP contribution in [0, 0.1) is 5.92 Å². The third kappa shape index (κ3) is 13.5. The van der Waals surface area contributed by atoms with Gasteiger partial charge in [0.15, 0.2) is 0 Å². The van der Waals surface area contributed by atoms with Crippen molar-refractivity contribution < 1.29 is 33.9 Å². The van der Waals surface area contributed by atoms with Crippen LogP contribution in [0.25, 0.3) is 0 Å². The number of hydrogen-bond acceptors (Lipinski definition) is 7. The second kappa shape index (κ2) is 23.1. The number of carbonyl (C=O) groups excluding carboxylic acids is 5. The standard InChI is InChI=1S/C50H55N5O7/c1-36(2)33-43(53-49(60)62-35-38-21-11-5-12-22-38)48(59)52-44(34-37-19-9-4-10-20-37)47(58)51-42(30-32-46(57)55(3)61)29-31-45(56)54-50(39-23-13-6-14-24-39,40-25-15-7-16-26-40)41-27-17-8-18-28-41/h4-28,30,32,36,42-44,61H,29,31,33-35H2,1-3H3,(H,51,58)(H,52,59)(H,53,60)(H,54,56)/b32-30+/t42-,43-,44-/m0/s1. The van der Waals surface area contributed by atoms with Crippen LogP contribution in [0.5, 0.6) is 0 Å². The molecule has 5 N–H and O–H groups in total. The fourth-order valence-electron chi connectivity index (χ4n) is 7.09. The van der Waals surface area contributed by atoms with Crippen molar-refractivity contribution >= 4 is 29.7 Å². The van der Waals surface area contributed by atoms with Gasteiger partial charge < -0.3 is 26.0 Å². The van der Waals surface area contributed by atoms with Gasteiger partial charge in [-0.2, -0.15) is 0 Å². The highest BCUT2D eigenvalue weighted by atomic mass is 16.5. The van der Waals surface area contributed by atoms with Crippen LogP contribution in [0.2, 0.25) is 0 Å². The fraction of sp³-hybridized carbons (Fsp3) is 0.260. The first kappa shape index (κ1) is 46.0. The summed E-state index contributed by atoms with van der Waals surface area (Å²) < 4.78 is 5.41. The topological polar surface area (TPSA) is 166 Å². The first-order valence-corrected chi connectivity index (χ1v) is 20.7. The molecule has 5 rings (SSSR count). The molecule has 5 aromatic rings. The third-order valence-electron chi connectivity index (χ3n) is 10.2. The van der Waals surface area contributed by atoms with Gasteiger partial charge in [-0.15, -0.1) is 0 Å². The maximum Gasteiger partial charge on any atom is 0.408 e. The summed E-state index contributed by atoms with van der Waals surface area (Å²) in [5, 5.41) is 22.0. The molecule has 322 valence electrons. The van der Waals surface area contributed by atoms with Gasteiger partial charge in [-0.25, -0.2) is 9.86 Å². The molecule has 0 aliphatic rings. The molecule has 0 bridgehead atoms. The van der Waals surface area contributed by atoms with E-state index in [1.54, 1.807) is 0 Å².